The van der Waals surface area contributed by atoms with Crippen LogP contribution in [0.5, 0.6) is 0 Å². The van der Waals surface area contributed by atoms with Crippen molar-refractivity contribution in [3.8, 4) is 0 Å². The van der Waals surface area contributed by atoms with E-state index in [2.05, 4.69) is 16.8 Å². The Bertz CT molecular complexity index is 287. The Balaban J connectivity index is 1.83. The Morgan fingerprint density at radius 1 is 1.16 bits per heavy atom. The molecule has 110 valence electrons. The van der Waals surface area contributed by atoms with Crippen LogP contribution in [0.1, 0.15) is 44.9 Å². The van der Waals surface area contributed by atoms with E-state index in [1.807, 2.05) is 0 Å². The maximum absolute atomic E-state index is 12.4. The summed E-state index contributed by atoms with van der Waals surface area (Å²) in [7, 11) is 2.09. The van der Waals surface area contributed by atoms with Crippen LogP contribution in [-0.4, -0.2) is 55.0 Å². The lowest BCUT2D eigenvalue weighted by Gasteiger charge is -2.30. The first-order chi connectivity index (χ1) is 9.22. The van der Waals surface area contributed by atoms with Gasteiger partial charge in [-0.2, -0.15) is 0 Å². The van der Waals surface area contributed by atoms with Gasteiger partial charge in [0.2, 0.25) is 5.91 Å². The van der Waals surface area contributed by atoms with Gasteiger partial charge < -0.3 is 10.6 Å². The van der Waals surface area contributed by atoms with Gasteiger partial charge in [-0.15, -0.1) is 0 Å². The molecule has 2 unspecified atom stereocenters. The fourth-order valence-electron chi connectivity index (χ4n) is 3.62. The lowest BCUT2D eigenvalue weighted by molar-refractivity contribution is -0.132. The molecule has 0 aromatic rings. The molecule has 1 saturated carbocycles. The van der Waals surface area contributed by atoms with E-state index in [9.17, 15) is 4.79 Å². The lowest BCUT2D eigenvalue weighted by Crippen LogP contribution is -2.45. The van der Waals surface area contributed by atoms with Gasteiger partial charge in [0.1, 0.15) is 0 Å². The molecule has 1 amide bonds. The van der Waals surface area contributed by atoms with Crippen LogP contribution >= 0.6 is 0 Å². The molecule has 0 radical (unpaired) electrons. The first-order valence-corrected chi connectivity index (χ1v) is 7.90. The number of likely N-dealkylation sites (N-methyl/N-ethyl adjacent to an activating group) is 1. The summed E-state index contributed by atoms with van der Waals surface area (Å²) in [6, 6.07) is 0.515. The second-order valence-electron chi connectivity index (χ2n) is 6.20. The van der Waals surface area contributed by atoms with Crippen LogP contribution < -0.4 is 5.73 Å². The maximum Gasteiger partial charge on any atom is 0.236 e. The van der Waals surface area contributed by atoms with E-state index < -0.39 is 0 Å². The van der Waals surface area contributed by atoms with Crippen LogP contribution in [0.25, 0.3) is 0 Å². The van der Waals surface area contributed by atoms with Gasteiger partial charge in [-0.3, -0.25) is 9.69 Å². The normalized spacial score (nSPS) is 28.7. The molecule has 2 rings (SSSR count). The summed E-state index contributed by atoms with van der Waals surface area (Å²) < 4.78 is 0. The number of amides is 1. The summed E-state index contributed by atoms with van der Waals surface area (Å²) in [5, 5.41) is 0. The average molecular weight is 267 g/mol. The van der Waals surface area contributed by atoms with Gasteiger partial charge in [-0.05, 0) is 45.2 Å². The highest BCUT2D eigenvalue weighted by molar-refractivity contribution is 5.78. The van der Waals surface area contributed by atoms with Crippen LogP contribution in [0.3, 0.4) is 0 Å². The third-order valence-electron chi connectivity index (χ3n) is 4.83. The van der Waals surface area contributed by atoms with E-state index in [4.69, 9.17) is 5.73 Å². The number of hydrogen-bond acceptors (Lipinski definition) is 3. The molecule has 0 aromatic heterocycles. The number of nitrogens with zero attached hydrogens (tertiary/aromatic N) is 2. The van der Waals surface area contributed by atoms with Crippen LogP contribution in [0, 0.1) is 5.92 Å². The van der Waals surface area contributed by atoms with Gasteiger partial charge in [0.15, 0.2) is 0 Å². The molecule has 4 nitrogen and oxygen atoms in total. The Kier molecular flexibility index (Phi) is 5.64. The number of likely N-dealkylation sites (tertiary alicyclic amines) is 1. The highest BCUT2D eigenvalue weighted by Crippen LogP contribution is 2.28. The summed E-state index contributed by atoms with van der Waals surface area (Å²) in [5.41, 5.74) is 5.83. The SMILES string of the molecule is CN(CC(=O)N1CCCCCC1)C1CCCC1CN. The van der Waals surface area contributed by atoms with E-state index in [0.717, 1.165) is 19.6 Å². The third kappa shape index (κ3) is 3.93. The molecule has 2 N–H and O–H groups in total. The molecule has 0 spiro atoms. The number of carbonyl (C=O) groups excluding carboxylic acids is 1. The van der Waals surface area contributed by atoms with Crippen LogP contribution in [-0.2, 0) is 4.79 Å². The fourth-order valence-corrected chi connectivity index (χ4v) is 3.62. The predicted octanol–water partition coefficient (Wildman–Crippen LogP) is 1.45. The summed E-state index contributed by atoms with van der Waals surface area (Å²) in [6.07, 6.45) is 8.58. The molecule has 1 heterocycles. The minimum absolute atomic E-state index is 0.312. The van der Waals surface area contributed by atoms with Crippen LogP contribution in [0.4, 0.5) is 0 Å². The monoisotopic (exact) mass is 267 g/mol. The molecular weight excluding hydrogens is 238 g/mol. The van der Waals surface area contributed by atoms with E-state index in [1.54, 1.807) is 0 Å². The van der Waals surface area contributed by atoms with E-state index in [-0.39, 0.29) is 0 Å². The Morgan fingerprint density at radius 3 is 2.47 bits per heavy atom. The Labute approximate surface area is 117 Å². The van der Waals surface area contributed by atoms with Crippen molar-refractivity contribution in [3.05, 3.63) is 0 Å². The van der Waals surface area contributed by atoms with E-state index in [1.165, 1.54) is 44.9 Å². The third-order valence-corrected chi connectivity index (χ3v) is 4.83. The number of hydrogen-bond donors (Lipinski definition) is 1. The zero-order chi connectivity index (χ0) is 13.7. The molecule has 1 saturated heterocycles. The van der Waals surface area contributed by atoms with Crippen molar-refractivity contribution in [1.82, 2.24) is 9.80 Å². The first-order valence-electron chi connectivity index (χ1n) is 7.90. The van der Waals surface area contributed by atoms with Crippen molar-refractivity contribution in [3.63, 3.8) is 0 Å². The minimum atomic E-state index is 0.312. The van der Waals surface area contributed by atoms with Crippen molar-refractivity contribution in [1.29, 1.82) is 0 Å². The summed E-state index contributed by atoms with van der Waals surface area (Å²) in [4.78, 5) is 16.7. The van der Waals surface area contributed by atoms with Gasteiger partial charge in [0, 0.05) is 19.1 Å². The van der Waals surface area contributed by atoms with Gasteiger partial charge in [0.25, 0.3) is 0 Å². The second-order valence-corrected chi connectivity index (χ2v) is 6.20. The molecule has 1 aliphatic carbocycles. The van der Waals surface area contributed by atoms with Crippen molar-refractivity contribution in [2.75, 3.05) is 33.2 Å². The average Bonchev–Trinajstić information content (AvgIpc) is 2.72. The molecule has 1 aliphatic heterocycles. The van der Waals surface area contributed by atoms with Crippen molar-refractivity contribution < 1.29 is 4.79 Å². The molecule has 0 bridgehead atoms. The number of carbonyl (C=O) groups is 1. The molecule has 2 atom stereocenters. The molecule has 19 heavy (non-hydrogen) atoms. The molecule has 2 fully saturated rings. The topological polar surface area (TPSA) is 49.6 Å². The molecule has 4 heteroatoms. The zero-order valence-corrected chi connectivity index (χ0v) is 12.3. The summed E-state index contributed by atoms with van der Waals surface area (Å²) in [5.74, 6) is 0.897. The van der Waals surface area contributed by atoms with Gasteiger partial charge in [0.05, 0.1) is 6.54 Å². The van der Waals surface area contributed by atoms with Crippen LogP contribution in [0.15, 0.2) is 0 Å². The first kappa shape index (κ1) is 14.8. The smallest absolute Gasteiger partial charge is 0.236 e. The van der Waals surface area contributed by atoms with Crippen molar-refractivity contribution in [2.45, 2.75) is 51.0 Å². The van der Waals surface area contributed by atoms with Gasteiger partial charge in [-0.25, -0.2) is 0 Å². The highest BCUT2D eigenvalue weighted by Gasteiger charge is 2.30. The highest BCUT2D eigenvalue weighted by atomic mass is 16.2. The zero-order valence-electron chi connectivity index (χ0n) is 12.3. The van der Waals surface area contributed by atoms with E-state index in [0.29, 0.717) is 24.4 Å². The van der Waals surface area contributed by atoms with Crippen molar-refractivity contribution in [2.24, 2.45) is 11.7 Å². The quantitative estimate of drug-likeness (QED) is 0.838. The predicted molar refractivity (Wildman–Crippen MR) is 77.9 cm³/mol. The largest absolute Gasteiger partial charge is 0.342 e. The standard InChI is InChI=1S/C15H29N3O/c1-17(14-8-6-7-13(14)11-16)12-15(19)18-9-4-2-3-5-10-18/h13-14H,2-12,16H2,1H3. The molecule has 2 aliphatic rings. The summed E-state index contributed by atoms with van der Waals surface area (Å²) in [6.45, 7) is 3.24. The maximum atomic E-state index is 12.4. The fraction of sp³-hybridized carbons (Fsp3) is 0.933. The number of rotatable bonds is 4. The lowest BCUT2D eigenvalue weighted by atomic mass is 10.0. The van der Waals surface area contributed by atoms with Gasteiger partial charge in [-0.1, -0.05) is 19.3 Å². The number of nitrogens with two attached hydrogens (primary N) is 1. The van der Waals surface area contributed by atoms with Crippen LogP contribution in [0.2, 0.25) is 0 Å². The molecule has 0 aromatic carbocycles. The van der Waals surface area contributed by atoms with Gasteiger partial charge >= 0.3 is 0 Å². The Morgan fingerprint density at radius 2 is 1.84 bits per heavy atom. The minimum Gasteiger partial charge on any atom is -0.342 e. The Hall–Kier alpha value is -0.610. The van der Waals surface area contributed by atoms with E-state index >= 15 is 0 Å². The summed E-state index contributed by atoms with van der Waals surface area (Å²) >= 11 is 0. The molecular formula is C15H29N3O. The second kappa shape index (κ2) is 7.25. The van der Waals surface area contributed by atoms with Crippen molar-refractivity contribution >= 4 is 5.91 Å².